The maximum Gasteiger partial charge on any atom is 0.200 e. The molecule has 0 aliphatic heterocycles. The van der Waals surface area contributed by atoms with Gasteiger partial charge in [-0.2, -0.15) is 0 Å². The molecule has 0 saturated heterocycles. The van der Waals surface area contributed by atoms with Crippen LogP contribution < -0.4 is 11.1 Å². The highest BCUT2D eigenvalue weighted by atomic mass is 16.3. The summed E-state index contributed by atoms with van der Waals surface area (Å²) in [4.78, 5) is 5.89. The van der Waals surface area contributed by atoms with Crippen molar-refractivity contribution in [3.63, 3.8) is 0 Å². The van der Waals surface area contributed by atoms with Gasteiger partial charge in [-0.25, -0.2) is 0 Å². The van der Waals surface area contributed by atoms with Gasteiger partial charge >= 0.3 is 0 Å². The third kappa shape index (κ3) is 3.64. The first-order valence-corrected chi connectivity index (χ1v) is 4.95. The minimum atomic E-state index is -0.120. The molecule has 0 radical (unpaired) electrons. The average molecular weight is 223 g/mol. The van der Waals surface area contributed by atoms with Gasteiger partial charge in [-0.3, -0.25) is 15.7 Å². The number of furan rings is 1. The highest BCUT2D eigenvalue weighted by Gasteiger charge is 2.07. The maximum absolute atomic E-state index is 7.13. The molecule has 88 valence electrons. The van der Waals surface area contributed by atoms with Crippen LogP contribution in [0.1, 0.15) is 5.76 Å². The van der Waals surface area contributed by atoms with Crippen molar-refractivity contribution in [3.05, 3.63) is 24.2 Å². The van der Waals surface area contributed by atoms with Crippen LogP contribution in [0.3, 0.4) is 0 Å². The molecule has 0 atom stereocenters. The monoisotopic (exact) mass is 223 g/mol. The zero-order chi connectivity index (χ0) is 12.0. The van der Waals surface area contributed by atoms with E-state index in [1.54, 1.807) is 13.3 Å². The largest absolute Gasteiger partial charge is 0.469 e. The Kier molecular flexibility index (Phi) is 4.38. The molecule has 1 aromatic rings. The van der Waals surface area contributed by atoms with Gasteiger partial charge in [0, 0.05) is 27.1 Å². The van der Waals surface area contributed by atoms with E-state index in [0.29, 0.717) is 5.96 Å². The molecule has 0 aliphatic carbocycles. The van der Waals surface area contributed by atoms with Crippen LogP contribution in [-0.2, 0) is 6.42 Å². The zero-order valence-corrected chi connectivity index (χ0v) is 9.53. The maximum atomic E-state index is 7.13. The van der Waals surface area contributed by atoms with Crippen molar-refractivity contribution in [3.8, 4) is 0 Å². The Labute approximate surface area is 94.6 Å². The smallest absolute Gasteiger partial charge is 0.200 e. The Balaban J connectivity index is 2.44. The van der Waals surface area contributed by atoms with Crippen LogP contribution in [-0.4, -0.2) is 37.5 Å². The van der Waals surface area contributed by atoms with Crippen molar-refractivity contribution in [2.24, 2.45) is 10.7 Å². The van der Waals surface area contributed by atoms with Gasteiger partial charge in [-0.15, -0.1) is 0 Å². The lowest BCUT2D eigenvalue weighted by Gasteiger charge is -2.20. The molecule has 0 unspecified atom stereocenters. The van der Waals surface area contributed by atoms with Crippen molar-refractivity contribution < 1.29 is 4.42 Å². The van der Waals surface area contributed by atoms with Crippen molar-refractivity contribution >= 4 is 11.9 Å². The number of hydrogen-bond acceptors (Lipinski definition) is 3. The summed E-state index contributed by atoms with van der Waals surface area (Å²) in [5.74, 6) is 1.37. The Bertz CT molecular complexity index is 357. The summed E-state index contributed by atoms with van der Waals surface area (Å²) in [6.07, 6.45) is 2.43. The van der Waals surface area contributed by atoms with Crippen molar-refractivity contribution in [2.45, 2.75) is 6.42 Å². The fourth-order valence-corrected chi connectivity index (χ4v) is 1.28. The summed E-state index contributed by atoms with van der Waals surface area (Å²) < 4.78 is 5.22. The van der Waals surface area contributed by atoms with Crippen molar-refractivity contribution in [2.75, 3.05) is 20.6 Å². The van der Waals surface area contributed by atoms with Crippen LogP contribution in [0.15, 0.2) is 27.8 Å². The van der Waals surface area contributed by atoms with Crippen LogP contribution in [0.5, 0.6) is 0 Å². The van der Waals surface area contributed by atoms with Gasteiger partial charge in [0.2, 0.25) is 0 Å². The first-order chi connectivity index (χ1) is 7.63. The fourth-order valence-electron chi connectivity index (χ4n) is 1.28. The van der Waals surface area contributed by atoms with E-state index in [0.717, 1.165) is 18.7 Å². The number of hydrogen-bond donors (Lipinski definition) is 3. The molecule has 0 bridgehead atoms. The van der Waals surface area contributed by atoms with E-state index in [9.17, 15) is 0 Å². The molecular formula is C10H17N5O. The van der Waals surface area contributed by atoms with E-state index in [-0.39, 0.29) is 5.96 Å². The minimum Gasteiger partial charge on any atom is -0.469 e. The molecule has 0 saturated carbocycles. The highest BCUT2D eigenvalue weighted by molar-refractivity contribution is 5.96. The third-order valence-corrected chi connectivity index (χ3v) is 2.09. The first kappa shape index (κ1) is 12.1. The number of likely N-dealkylation sites (N-methyl/N-ethyl adjacent to an activating group) is 1. The van der Waals surface area contributed by atoms with E-state index in [1.807, 2.05) is 24.1 Å². The Morgan fingerprint density at radius 3 is 2.94 bits per heavy atom. The van der Waals surface area contributed by atoms with Gasteiger partial charge in [0.1, 0.15) is 5.76 Å². The Hall–Kier alpha value is -1.98. The van der Waals surface area contributed by atoms with E-state index in [1.165, 1.54) is 0 Å². The second kappa shape index (κ2) is 5.79. The molecule has 16 heavy (non-hydrogen) atoms. The normalized spacial score (nSPS) is 11.2. The number of nitrogens with two attached hydrogens (primary N) is 1. The zero-order valence-electron chi connectivity index (χ0n) is 9.53. The van der Waals surface area contributed by atoms with Crippen LogP contribution in [0, 0.1) is 5.41 Å². The van der Waals surface area contributed by atoms with Gasteiger partial charge in [-0.1, -0.05) is 0 Å². The summed E-state index contributed by atoms with van der Waals surface area (Å²) in [6, 6.07) is 3.78. The van der Waals surface area contributed by atoms with Gasteiger partial charge in [0.15, 0.2) is 11.9 Å². The molecule has 0 aromatic carbocycles. The lowest BCUT2D eigenvalue weighted by atomic mass is 10.3. The molecule has 6 heteroatoms. The number of rotatable bonds is 3. The SMILES string of the molecule is C/N=C(\NC(=N)N)N(C)CCc1ccco1. The molecule has 0 amide bonds. The standard InChI is InChI=1S/C10H17N5O/c1-13-10(14-9(11)12)15(2)6-5-8-4-3-7-16-8/h3-4,7H,5-6H2,1-2H3,(H4,11,12,13,14). The summed E-state index contributed by atoms with van der Waals surface area (Å²) >= 11 is 0. The van der Waals surface area contributed by atoms with Gasteiger partial charge in [-0.05, 0) is 12.1 Å². The van der Waals surface area contributed by atoms with E-state index < -0.39 is 0 Å². The second-order valence-corrected chi connectivity index (χ2v) is 3.34. The molecule has 1 rings (SSSR count). The van der Waals surface area contributed by atoms with Crippen LogP contribution >= 0.6 is 0 Å². The number of guanidine groups is 2. The molecule has 4 N–H and O–H groups in total. The molecule has 0 aliphatic rings. The number of nitrogens with one attached hydrogen (secondary N) is 2. The van der Waals surface area contributed by atoms with Gasteiger partial charge in [0.25, 0.3) is 0 Å². The molecular weight excluding hydrogens is 206 g/mol. The topological polar surface area (TPSA) is 90.6 Å². The summed E-state index contributed by atoms with van der Waals surface area (Å²) in [5, 5.41) is 9.80. The van der Waals surface area contributed by atoms with E-state index >= 15 is 0 Å². The molecule has 1 heterocycles. The molecule has 1 aromatic heterocycles. The predicted octanol–water partition coefficient (Wildman–Crippen LogP) is 0.223. The first-order valence-electron chi connectivity index (χ1n) is 4.95. The highest BCUT2D eigenvalue weighted by Crippen LogP contribution is 2.01. The lowest BCUT2D eigenvalue weighted by Crippen LogP contribution is -2.45. The molecule has 0 spiro atoms. The lowest BCUT2D eigenvalue weighted by molar-refractivity contribution is 0.445. The summed E-state index contributed by atoms with van der Waals surface area (Å²) in [5.41, 5.74) is 5.24. The quantitative estimate of drug-likeness (QED) is 0.505. The summed E-state index contributed by atoms with van der Waals surface area (Å²) in [6.45, 7) is 0.737. The van der Waals surface area contributed by atoms with Crippen molar-refractivity contribution in [1.29, 1.82) is 5.41 Å². The molecule has 0 fully saturated rings. The van der Waals surface area contributed by atoms with Crippen LogP contribution in [0.25, 0.3) is 0 Å². The average Bonchev–Trinajstić information content (AvgIpc) is 2.75. The third-order valence-electron chi connectivity index (χ3n) is 2.09. The number of nitrogens with zero attached hydrogens (tertiary/aromatic N) is 2. The van der Waals surface area contributed by atoms with Crippen LogP contribution in [0.4, 0.5) is 0 Å². The van der Waals surface area contributed by atoms with Crippen molar-refractivity contribution in [1.82, 2.24) is 10.2 Å². The Morgan fingerprint density at radius 2 is 2.44 bits per heavy atom. The van der Waals surface area contributed by atoms with E-state index in [2.05, 4.69) is 10.3 Å². The minimum absolute atomic E-state index is 0.120. The fraction of sp³-hybridized carbons (Fsp3) is 0.400. The molecule has 6 nitrogen and oxygen atoms in total. The summed E-state index contributed by atoms with van der Waals surface area (Å²) in [7, 11) is 3.52. The van der Waals surface area contributed by atoms with Gasteiger partial charge < -0.3 is 15.1 Å². The second-order valence-electron chi connectivity index (χ2n) is 3.34. The predicted molar refractivity (Wildman–Crippen MR) is 63.5 cm³/mol. The van der Waals surface area contributed by atoms with Gasteiger partial charge in [0.05, 0.1) is 6.26 Å². The van der Waals surface area contributed by atoms with E-state index in [4.69, 9.17) is 15.6 Å². The Morgan fingerprint density at radius 1 is 1.69 bits per heavy atom. The number of aliphatic imine (C=N–C) groups is 1. The van der Waals surface area contributed by atoms with Crippen LogP contribution in [0.2, 0.25) is 0 Å².